The van der Waals surface area contributed by atoms with Gasteiger partial charge < -0.3 is 13.9 Å². The molecule has 0 N–H and O–H groups in total. The first-order chi connectivity index (χ1) is 11.1. The molecule has 0 saturated heterocycles. The van der Waals surface area contributed by atoms with Gasteiger partial charge in [0.15, 0.2) is 6.10 Å². The Kier molecular flexibility index (Phi) is 4.02. The molecule has 0 aliphatic heterocycles. The summed E-state index contributed by atoms with van der Waals surface area (Å²) in [4.78, 5) is 23.7. The Morgan fingerprint density at radius 2 is 1.87 bits per heavy atom. The highest BCUT2D eigenvalue weighted by Crippen LogP contribution is 2.26. The summed E-state index contributed by atoms with van der Waals surface area (Å²) in [7, 11) is 0. The Balaban J connectivity index is 2.01. The van der Waals surface area contributed by atoms with Crippen LogP contribution in [0.1, 0.15) is 13.8 Å². The van der Waals surface area contributed by atoms with E-state index < -0.39 is 17.7 Å². The predicted molar refractivity (Wildman–Crippen MR) is 86.7 cm³/mol. The number of esters is 1. The average molecular weight is 312 g/mol. The molecule has 1 heterocycles. The first kappa shape index (κ1) is 15.1. The number of fused-ring (bicyclic) bond motifs is 3. The number of carbonyl (C=O) groups excluding carboxylic acids is 1. The molecule has 2 aromatic carbocycles. The maximum Gasteiger partial charge on any atom is 0.347 e. The highest BCUT2D eigenvalue weighted by molar-refractivity contribution is 6.04. The van der Waals surface area contributed by atoms with Gasteiger partial charge >= 0.3 is 11.6 Å². The van der Waals surface area contributed by atoms with Crippen LogP contribution in [0.25, 0.3) is 21.7 Å². The van der Waals surface area contributed by atoms with Crippen molar-refractivity contribution in [3.8, 4) is 5.75 Å². The van der Waals surface area contributed by atoms with E-state index in [-0.39, 0.29) is 0 Å². The van der Waals surface area contributed by atoms with E-state index in [9.17, 15) is 9.59 Å². The Morgan fingerprint density at radius 3 is 2.61 bits per heavy atom. The van der Waals surface area contributed by atoms with Crippen molar-refractivity contribution in [3.63, 3.8) is 0 Å². The lowest BCUT2D eigenvalue weighted by Crippen LogP contribution is -2.26. The number of benzene rings is 2. The molecule has 1 atom stereocenters. The molecule has 0 aliphatic carbocycles. The van der Waals surface area contributed by atoms with Gasteiger partial charge in [0.05, 0.1) is 12.0 Å². The van der Waals surface area contributed by atoms with Crippen LogP contribution in [0.15, 0.2) is 51.7 Å². The monoisotopic (exact) mass is 312 g/mol. The Bertz CT molecular complexity index is 925. The molecule has 3 aromatic rings. The summed E-state index contributed by atoms with van der Waals surface area (Å²) in [5, 5.41) is 2.17. The first-order valence-corrected chi connectivity index (χ1v) is 7.39. The SMILES string of the molecule is CCOC(=O)C(C)Oc1ccc2c(c1)oc(=O)c1ccccc12. The minimum Gasteiger partial charge on any atom is -0.479 e. The van der Waals surface area contributed by atoms with Crippen molar-refractivity contribution in [2.75, 3.05) is 6.61 Å². The highest BCUT2D eigenvalue weighted by atomic mass is 16.6. The third-order valence-corrected chi connectivity index (χ3v) is 3.52. The summed E-state index contributed by atoms with van der Waals surface area (Å²) in [5.74, 6) is 0.00375. The zero-order chi connectivity index (χ0) is 16.4. The summed E-state index contributed by atoms with van der Waals surface area (Å²) < 4.78 is 15.8. The Hall–Kier alpha value is -2.82. The first-order valence-electron chi connectivity index (χ1n) is 7.39. The molecule has 3 rings (SSSR count). The second-order valence-electron chi connectivity index (χ2n) is 5.11. The van der Waals surface area contributed by atoms with Crippen LogP contribution >= 0.6 is 0 Å². The lowest BCUT2D eigenvalue weighted by molar-refractivity contribution is -0.150. The van der Waals surface area contributed by atoms with Gasteiger partial charge in [0.1, 0.15) is 11.3 Å². The van der Waals surface area contributed by atoms with Gasteiger partial charge in [-0.15, -0.1) is 0 Å². The normalized spacial score (nSPS) is 12.3. The lowest BCUT2D eigenvalue weighted by Gasteiger charge is -2.13. The van der Waals surface area contributed by atoms with E-state index in [1.165, 1.54) is 0 Å². The number of ether oxygens (including phenoxy) is 2. The third kappa shape index (κ3) is 2.90. The zero-order valence-electron chi connectivity index (χ0n) is 12.9. The molecular formula is C18H16O5. The van der Waals surface area contributed by atoms with E-state index in [0.29, 0.717) is 23.3 Å². The molecule has 1 aromatic heterocycles. The van der Waals surface area contributed by atoms with Gasteiger partial charge in [-0.3, -0.25) is 0 Å². The predicted octanol–water partition coefficient (Wildman–Crippen LogP) is 3.28. The van der Waals surface area contributed by atoms with Crippen LogP contribution in [0.4, 0.5) is 0 Å². The molecule has 1 unspecified atom stereocenters. The molecule has 23 heavy (non-hydrogen) atoms. The maximum absolute atomic E-state index is 12.0. The summed E-state index contributed by atoms with van der Waals surface area (Å²) in [6.45, 7) is 3.64. The van der Waals surface area contributed by atoms with Crippen molar-refractivity contribution in [3.05, 3.63) is 52.9 Å². The fraction of sp³-hybridized carbons (Fsp3) is 0.222. The molecule has 0 aliphatic rings. The van der Waals surface area contributed by atoms with Crippen molar-refractivity contribution < 1.29 is 18.7 Å². The molecule has 0 radical (unpaired) electrons. The second-order valence-corrected chi connectivity index (χ2v) is 5.11. The fourth-order valence-corrected chi connectivity index (χ4v) is 2.45. The standard InChI is InChI=1S/C18H16O5/c1-3-21-17(19)11(2)22-12-8-9-14-13-6-4-5-7-15(13)18(20)23-16(14)10-12/h4-11H,3H2,1-2H3. The number of rotatable bonds is 4. The quantitative estimate of drug-likeness (QED) is 0.420. The van der Waals surface area contributed by atoms with E-state index in [0.717, 1.165) is 10.8 Å². The van der Waals surface area contributed by atoms with Crippen LogP contribution < -0.4 is 10.4 Å². The van der Waals surface area contributed by atoms with Crippen molar-refractivity contribution in [2.24, 2.45) is 0 Å². The Labute approximate surface area is 132 Å². The van der Waals surface area contributed by atoms with E-state index >= 15 is 0 Å². The molecule has 0 bridgehead atoms. The molecule has 0 spiro atoms. The molecule has 5 heteroatoms. The molecule has 0 fully saturated rings. The summed E-state index contributed by atoms with van der Waals surface area (Å²) in [6.07, 6.45) is -0.737. The van der Waals surface area contributed by atoms with Gasteiger partial charge in [0.25, 0.3) is 0 Å². The number of hydrogen-bond acceptors (Lipinski definition) is 5. The smallest absolute Gasteiger partial charge is 0.347 e. The van der Waals surface area contributed by atoms with Crippen LogP contribution in [-0.4, -0.2) is 18.7 Å². The largest absolute Gasteiger partial charge is 0.479 e. The molecule has 0 saturated carbocycles. The molecule has 5 nitrogen and oxygen atoms in total. The van der Waals surface area contributed by atoms with Gasteiger partial charge in [-0.2, -0.15) is 0 Å². The topological polar surface area (TPSA) is 65.7 Å². The summed E-state index contributed by atoms with van der Waals surface area (Å²) >= 11 is 0. The fourth-order valence-electron chi connectivity index (χ4n) is 2.45. The zero-order valence-corrected chi connectivity index (χ0v) is 12.9. The van der Waals surface area contributed by atoms with Gasteiger partial charge in [-0.1, -0.05) is 18.2 Å². The van der Waals surface area contributed by atoms with Crippen molar-refractivity contribution in [2.45, 2.75) is 20.0 Å². The van der Waals surface area contributed by atoms with Crippen LogP contribution in [0.5, 0.6) is 5.75 Å². The van der Waals surface area contributed by atoms with E-state index in [2.05, 4.69) is 0 Å². The van der Waals surface area contributed by atoms with Crippen LogP contribution in [0, 0.1) is 0 Å². The average Bonchev–Trinajstić information content (AvgIpc) is 2.55. The number of hydrogen-bond donors (Lipinski definition) is 0. The van der Waals surface area contributed by atoms with Crippen LogP contribution in [0.3, 0.4) is 0 Å². The minimum atomic E-state index is -0.737. The number of carbonyl (C=O) groups is 1. The molecule has 118 valence electrons. The van der Waals surface area contributed by atoms with Gasteiger partial charge in [0, 0.05) is 11.5 Å². The summed E-state index contributed by atoms with van der Waals surface area (Å²) in [5.41, 5.74) is 0.0194. The summed E-state index contributed by atoms with van der Waals surface area (Å²) in [6, 6.07) is 12.4. The third-order valence-electron chi connectivity index (χ3n) is 3.52. The van der Waals surface area contributed by atoms with Gasteiger partial charge in [-0.05, 0) is 37.4 Å². The minimum absolute atomic E-state index is 0.297. The van der Waals surface area contributed by atoms with Gasteiger partial charge in [0.2, 0.25) is 0 Å². The maximum atomic E-state index is 12.0. The van der Waals surface area contributed by atoms with E-state index in [1.54, 1.807) is 38.1 Å². The van der Waals surface area contributed by atoms with Crippen LogP contribution in [0.2, 0.25) is 0 Å². The van der Waals surface area contributed by atoms with Crippen molar-refractivity contribution in [1.82, 2.24) is 0 Å². The van der Waals surface area contributed by atoms with Crippen molar-refractivity contribution >= 4 is 27.7 Å². The highest BCUT2D eigenvalue weighted by Gasteiger charge is 2.16. The van der Waals surface area contributed by atoms with Crippen LogP contribution in [-0.2, 0) is 9.53 Å². The second kappa shape index (κ2) is 6.12. The van der Waals surface area contributed by atoms with E-state index in [1.807, 2.05) is 18.2 Å². The molecular weight excluding hydrogens is 296 g/mol. The van der Waals surface area contributed by atoms with Crippen molar-refractivity contribution in [1.29, 1.82) is 0 Å². The Morgan fingerprint density at radius 1 is 1.13 bits per heavy atom. The van der Waals surface area contributed by atoms with E-state index in [4.69, 9.17) is 13.9 Å². The molecule has 0 amide bonds. The lowest BCUT2D eigenvalue weighted by atomic mass is 10.1. The van der Waals surface area contributed by atoms with Gasteiger partial charge in [-0.25, -0.2) is 9.59 Å².